The molecule has 1 amide bonds. The second kappa shape index (κ2) is 8.10. The number of ether oxygens (including phenoxy) is 1. The maximum absolute atomic E-state index is 13.3. The highest BCUT2D eigenvalue weighted by molar-refractivity contribution is 6.33. The summed E-state index contributed by atoms with van der Waals surface area (Å²) < 4.78 is 5.52. The second-order valence-corrected chi connectivity index (χ2v) is 6.68. The lowest BCUT2D eigenvalue weighted by atomic mass is 10.1. The lowest BCUT2D eigenvalue weighted by molar-refractivity contribution is -0.113. The number of amides is 1. The van der Waals surface area contributed by atoms with E-state index in [9.17, 15) is 4.79 Å². The minimum absolute atomic E-state index is 0.165. The molecule has 144 valence electrons. The number of carbonyl (C=O) groups excluding carboxylic acids is 1. The van der Waals surface area contributed by atoms with Crippen LogP contribution in [-0.4, -0.2) is 23.3 Å². The van der Waals surface area contributed by atoms with Gasteiger partial charge in [0.2, 0.25) is 0 Å². The molecule has 1 aliphatic rings. The van der Waals surface area contributed by atoms with Crippen molar-refractivity contribution in [2.75, 3.05) is 11.5 Å². The standard InChI is InChI=1S/C24H21N3O2/c1-3-29-21-10-8-20(9-11-21)27-23(19-6-4-17(2)5-7-19)26-22(24(27)28)16-18-12-14-25-15-13-18/h4-16H,3H2,1-2H3/b22-16+. The van der Waals surface area contributed by atoms with Crippen molar-refractivity contribution in [3.63, 3.8) is 0 Å². The van der Waals surface area contributed by atoms with E-state index < -0.39 is 0 Å². The van der Waals surface area contributed by atoms with Gasteiger partial charge >= 0.3 is 0 Å². The molecule has 4 rings (SSSR count). The van der Waals surface area contributed by atoms with Gasteiger partial charge in [-0.15, -0.1) is 0 Å². The van der Waals surface area contributed by atoms with Crippen molar-refractivity contribution < 1.29 is 9.53 Å². The highest BCUT2D eigenvalue weighted by Gasteiger charge is 2.32. The minimum atomic E-state index is -0.165. The normalized spacial score (nSPS) is 15.0. The van der Waals surface area contributed by atoms with Crippen LogP contribution in [0.3, 0.4) is 0 Å². The molecule has 0 aliphatic carbocycles. The topological polar surface area (TPSA) is 54.8 Å². The number of amidine groups is 1. The van der Waals surface area contributed by atoms with Crippen molar-refractivity contribution in [2.45, 2.75) is 13.8 Å². The predicted molar refractivity (Wildman–Crippen MR) is 115 cm³/mol. The van der Waals surface area contributed by atoms with Gasteiger partial charge < -0.3 is 4.74 Å². The molecular formula is C24H21N3O2. The van der Waals surface area contributed by atoms with Gasteiger partial charge in [0.25, 0.3) is 5.91 Å². The van der Waals surface area contributed by atoms with Crippen LogP contribution < -0.4 is 9.64 Å². The molecule has 3 aromatic rings. The lowest BCUT2D eigenvalue weighted by Crippen LogP contribution is -2.32. The molecule has 1 aromatic heterocycles. The van der Waals surface area contributed by atoms with Crippen LogP contribution in [0.4, 0.5) is 5.69 Å². The van der Waals surface area contributed by atoms with E-state index in [1.807, 2.05) is 74.5 Å². The third-order valence-corrected chi connectivity index (χ3v) is 4.59. The summed E-state index contributed by atoms with van der Waals surface area (Å²) in [6, 6.07) is 19.2. The molecule has 0 atom stereocenters. The second-order valence-electron chi connectivity index (χ2n) is 6.68. The van der Waals surface area contributed by atoms with Crippen molar-refractivity contribution >= 4 is 23.5 Å². The largest absolute Gasteiger partial charge is 0.494 e. The Balaban J connectivity index is 1.77. The van der Waals surface area contributed by atoms with Crippen LogP contribution in [0.25, 0.3) is 6.08 Å². The lowest BCUT2D eigenvalue weighted by Gasteiger charge is -2.19. The zero-order valence-corrected chi connectivity index (χ0v) is 16.4. The van der Waals surface area contributed by atoms with Crippen LogP contribution in [0, 0.1) is 6.92 Å². The number of aryl methyl sites for hydroxylation is 1. The van der Waals surface area contributed by atoms with Crippen molar-refractivity contribution in [1.29, 1.82) is 0 Å². The van der Waals surface area contributed by atoms with Crippen molar-refractivity contribution in [3.05, 3.63) is 95.4 Å². The Morgan fingerprint density at radius 3 is 2.31 bits per heavy atom. The first kappa shape index (κ1) is 18.6. The Labute approximate surface area is 170 Å². The van der Waals surface area contributed by atoms with Gasteiger partial charge in [0, 0.05) is 18.0 Å². The van der Waals surface area contributed by atoms with E-state index in [2.05, 4.69) is 9.98 Å². The zero-order chi connectivity index (χ0) is 20.2. The molecule has 0 saturated heterocycles. The molecule has 5 heteroatoms. The van der Waals surface area contributed by atoms with Gasteiger partial charge in [-0.3, -0.25) is 14.7 Å². The van der Waals surface area contributed by atoms with Gasteiger partial charge in [0.1, 0.15) is 17.3 Å². The fourth-order valence-electron chi connectivity index (χ4n) is 3.13. The number of hydrogen-bond donors (Lipinski definition) is 0. The number of benzene rings is 2. The highest BCUT2D eigenvalue weighted by atomic mass is 16.5. The maximum Gasteiger partial charge on any atom is 0.282 e. The molecule has 0 unspecified atom stereocenters. The number of hydrogen-bond acceptors (Lipinski definition) is 4. The Kier molecular flexibility index (Phi) is 5.20. The summed E-state index contributed by atoms with van der Waals surface area (Å²) in [5.41, 5.74) is 4.05. The van der Waals surface area contributed by atoms with Crippen molar-refractivity contribution in [2.24, 2.45) is 4.99 Å². The van der Waals surface area contributed by atoms with E-state index >= 15 is 0 Å². The van der Waals surface area contributed by atoms with Gasteiger partial charge in [-0.2, -0.15) is 0 Å². The molecule has 0 spiro atoms. The highest BCUT2D eigenvalue weighted by Crippen LogP contribution is 2.29. The quantitative estimate of drug-likeness (QED) is 0.604. The van der Waals surface area contributed by atoms with E-state index in [0.717, 1.165) is 28.1 Å². The molecule has 0 fully saturated rings. The predicted octanol–water partition coefficient (Wildman–Crippen LogP) is 4.62. The third kappa shape index (κ3) is 3.94. The number of aromatic nitrogens is 1. The third-order valence-electron chi connectivity index (χ3n) is 4.59. The summed E-state index contributed by atoms with van der Waals surface area (Å²) in [6.07, 6.45) is 5.17. The molecule has 5 nitrogen and oxygen atoms in total. The van der Waals surface area contributed by atoms with Crippen LogP contribution in [0.15, 0.2) is 83.7 Å². The van der Waals surface area contributed by atoms with E-state index in [1.165, 1.54) is 0 Å². The Bertz CT molecular complexity index is 1070. The zero-order valence-electron chi connectivity index (χ0n) is 16.4. The summed E-state index contributed by atoms with van der Waals surface area (Å²) in [6.45, 7) is 4.57. The molecule has 0 saturated carbocycles. The van der Waals surface area contributed by atoms with E-state index in [-0.39, 0.29) is 5.91 Å². The molecule has 2 heterocycles. The average Bonchev–Trinajstić information content (AvgIpc) is 3.06. The molecule has 0 bridgehead atoms. The monoisotopic (exact) mass is 383 g/mol. The first-order chi connectivity index (χ1) is 14.2. The van der Waals surface area contributed by atoms with Gasteiger partial charge in [0.05, 0.1) is 12.3 Å². The van der Waals surface area contributed by atoms with Gasteiger partial charge in [0.15, 0.2) is 0 Å². The first-order valence-electron chi connectivity index (χ1n) is 9.50. The summed E-state index contributed by atoms with van der Waals surface area (Å²) >= 11 is 0. The Morgan fingerprint density at radius 2 is 1.66 bits per heavy atom. The molecule has 2 aromatic carbocycles. The Morgan fingerprint density at radius 1 is 0.966 bits per heavy atom. The first-order valence-corrected chi connectivity index (χ1v) is 9.50. The van der Waals surface area contributed by atoms with Gasteiger partial charge in [-0.25, -0.2) is 4.99 Å². The number of aliphatic imine (C=N–C) groups is 1. The minimum Gasteiger partial charge on any atom is -0.494 e. The van der Waals surface area contributed by atoms with Gasteiger partial charge in [-0.05, 0) is 61.9 Å². The SMILES string of the molecule is CCOc1ccc(N2C(=O)/C(=C\c3ccncc3)N=C2c2ccc(C)cc2)cc1. The Hall–Kier alpha value is -3.73. The van der Waals surface area contributed by atoms with Crippen LogP contribution in [0.2, 0.25) is 0 Å². The molecule has 29 heavy (non-hydrogen) atoms. The van der Waals surface area contributed by atoms with Crippen molar-refractivity contribution in [1.82, 2.24) is 4.98 Å². The van der Waals surface area contributed by atoms with Crippen LogP contribution in [0.5, 0.6) is 5.75 Å². The summed E-state index contributed by atoms with van der Waals surface area (Å²) in [7, 11) is 0. The van der Waals surface area contributed by atoms with E-state index in [1.54, 1.807) is 23.4 Å². The fourth-order valence-corrected chi connectivity index (χ4v) is 3.13. The molecule has 0 N–H and O–H groups in total. The molecule has 0 radical (unpaired) electrons. The fraction of sp³-hybridized carbons (Fsp3) is 0.125. The summed E-state index contributed by atoms with van der Waals surface area (Å²) in [5.74, 6) is 1.21. The number of rotatable bonds is 5. The van der Waals surface area contributed by atoms with Gasteiger partial charge in [-0.1, -0.05) is 29.8 Å². The summed E-state index contributed by atoms with van der Waals surface area (Å²) in [4.78, 5) is 23.6. The van der Waals surface area contributed by atoms with E-state index in [0.29, 0.717) is 18.1 Å². The van der Waals surface area contributed by atoms with Crippen molar-refractivity contribution in [3.8, 4) is 5.75 Å². The summed E-state index contributed by atoms with van der Waals surface area (Å²) in [5, 5.41) is 0. The van der Waals surface area contributed by atoms with Crippen LogP contribution in [0.1, 0.15) is 23.6 Å². The molecule has 1 aliphatic heterocycles. The number of pyridine rings is 1. The maximum atomic E-state index is 13.3. The van der Waals surface area contributed by atoms with E-state index in [4.69, 9.17) is 4.74 Å². The number of nitrogens with zero attached hydrogens (tertiary/aromatic N) is 3. The average molecular weight is 383 g/mol. The smallest absolute Gasteiger partial charge is 0.282 e. The van der Waals surface area contributed by atoms with Crippen LogP contribution in [-0.2, 0) is 4.79 Å². The number of carbonyl (C=O) groups is 1. The molecular weight excluding hydrogens is 362 g/mol. The number of anilines is 1. The van der Waals surface area contributed by atoms with Crippen LogP contribution >= 0.6 is 0 Å².